The highest BCUT2D eigenvalue weighted by molar-refractivity contribution is 6.29. The van der Waals surface area contributed by atoms with Gasteiger partial charge in [-0.2, -0.15) is 0 Å². The van der Waals surface area contributed by atoms with Crippen molar-refractivity contribution in [3.63, 3.8) is 0 Å². The largest absolute Gasteiger partial charge is 0.504 e. The minimum atomic E-state index is 0.145. The Morgan fingerprint density at radius 2 is 2.12 bits per heavy atom. The normalized spacial score (nSPS) is 10.2. The van der Waals surface area contributed by atoms with Gasteiger partial charge >= 0.3 is 0 Å². The molecule has 0 aliphatic carbocycles. The number of phenols is 1. The summed E-state index contributed by atoms with van der Waals surface area (Å²) in [5, 5.41) is 10.1. The number of aromatic nitrogens is 1. The maximum atomic E-state index is 9.65. The van der Waals surface area contributed by atoms with Crippen LogP contribution in [0.15, 0.2) is 36.5 Å². The third-order valence-electron chi connectivity index (χ3n) is 2.30. The smallest absolute Gasteiger partial charge is 0.161 e. The average Bonchev–Trinajstić information content (AvgIpc) is 2.30. The molecule has 3 nitrogen and oxygen atoms in total. The van der Waals surface area contributed by atoms with E-state index in [1.807, 2.05) is 19.1 Å². The van der Waals surface area contributed by atoms with Gasteiger partial charge in [0.05, 0.1) is 0 Å². The monoisotopic (exact) mass is 249 g/mol. The number of halogens is 1. The SMILES string of the molecule is Cc1ccc(OCc2ccc(Cl)nc2)c(O)c1. The van der Waals surface area contributed by atoms with Crippen LogP contribution in [0.2, 0.25) is 5.15 Å². The molecule has 1 heterocycles. The number of rotatable bonds is 3. The molecule has 1 aromatic carbocycles. The molecule has 88 valence electrons. The summed E-state index contributed by atoms with van der Waals surface area (Å²) in [7, 11) is 0. The Hall–Kier alpha value is -1.74. The number of nitrogens with zero attached hydrogens (tertiary/aromatic N) is 1. The van der Waals surface area contributed by atoms with Crippen molar-refractivity contribution in [1.29, 1.82) is 0 Å². The highest BCUT2D eigenvalue weighted by Crippen LogP contribution is 2.27. The predicted octanol–water partition coefficient (Wildman–Crippen LogP) is 3.33. The van der Waals surface area contributed by atoms with Crippen LogP contribution in [-0.2, 0) is 6.61 Å². The van der Waals surface area contributed by atoms with Gasteiger partial charge in [0.15, 0.2) is 11.5 Å². The Bertz CT molecular complexity index is 511. The highest BCUT2D eigenvalue weighted by atomic mass is 35.5. The van der Waals surface area contributed by atoms with E-state index in [2.05, 4.69) is 4.98 Å². The molecule has 0 spiro atoms. The summed E-state index contributed by atoms with van der Waals surface area (Å²) in [5.74, 6) is 0.609. The van der Waals surface area contributed by atoms with E-state index in [1.165, 1.54) is 0 Å². The van der Waals surface area contributed by atoms with Crippen molar-refractivity contribution < 1.29 is 9.84 Å². The molecule has 4 heteroatoms. The second-order valence-corrected chi connectivity index (χ2v) is 4.14. The molecule has 1 N–H and O–H groups in total. The maximum absolute atomic E-state index is 9.65. The van der Waals surface area contributed by atoms with E-state index in [-0.39, 0.29) is 5.75 Å². The first-order valence-corrected chi connectivity index (χ1v) is 5.56. The number of ether oxygens (including phenoxy) is 1. The van der Waals surface area contributed by atoms with Gasteiger partial charge in [0.2, 0.25) is 0 Å². The lowest BCUT2D eigenvalue weighted by molar-refractivity contribution is 0.288. The summed E-state index contributed by atoms with van der Waals surface area (Å²) in [4.78, 5) is 3.95. The van der Waals surface area contributed by atoms with E-state index in [1.54, 1.807) is 24.4 Å². The molecule has 0 saturated carbocycles. The second kappa shape index (κ2) is 5.06. The quantitative estimate of drug-likeness (QED) is 0.849. The first-order valence-electron chi connectivity index (χ1n) is 5.18. The first kappa shape index (κ1) is 11.7. The summed E-state index contributed by atoms with van der Waals surface area (Å²) >= 11 is 5.68. The molecule has 0 atom stereocenters. The number of aryl methyl sites for hydroxylation is 1. The fourth-order valence-corrected chi connectivity index (χ4v) is 1.51. The number of benzene rings is 1. The zero-order valence-electron chi connectivity index (χ0n) is 9.35. The summed E-state index contributed by atoms with van der Waals surface area (Å²) in [6.07, 6.45) is 1.65. The summed E-state index contributed by atoms with van der Waals surface area (Å²) in [5.41, 5.74) is 1.89. The summed E-state index contributed by atoms with van der Waals surface area (Å²) in [6, 6.07) is 8.83. The van der Waals surface area contributed by atoms with Crippen LogP contribution in [0.3, 0.4) is 0 Å². The van der Waals surface area contributed by atoms with Crippen LogP contribution in [0.1, 0.15) is 11.1 Å². The van der Waals surface area contributed by atoms with Crippen LogP contribution in [0, 0.1) is 6.92 Å². The van der Waals surface area contributed by atoms with E-state index in [4.69, 9.17) is 16.3 Å². The number of phenolic OH excluding ortho intramolecular Hbond substituents is 1. The minimum absolute atomic E-state index is 0.145. The molecule has 0 radical (unpaired) electrons. The molecular formula is C13H12ClNO2. The van der Waals surface area contributed by atoms with E-state index < -0.39 is 0 Å². The van der Waals surface area contributed by atoms with Crippen molar-refractivity contribution in [3.8, 4) is 11.5 Å². The Morgan fingerprint density at radius 1 is 1.29 bits per heavy atom. The molecular weight excluding hydrogens is 238 g/mol. The third kappa shape index (κ3) is 3.11. The van der Waals surface area contributed by atoms with Crippen LogP contribution in [0.4, 0.5) is 0 Å². The highest BCUT2D eigenvalue weighted by Gasteiger charge is 2.02. The Labute approximate surface area is 105 Å². The summed E-state index contributed by atoms with van der Waals surface area (Å²) < 4.78 is 5.48. The Morgan fingerprint density at radius 3 is 2.76 bits per heavy atom. The van der Waals surface area contributed by atoms with Crippen molar-refractivity contribution in [2.75, 3.05) is 0 Å². The molecule has 0 amide bonds. The van der Waals surface area contributed by atoms with Gasteiger partial charge in [0.25, 0.3) is 0 Å². The number of pyridine rings is 1. The van der Waals surface area contributed by atoms with E-state index in [0.717, 1.165) is 11.1 Å². The molecule has 1 aromatic heterocycles. The van der Waals surface area contributed by atoms with Crippen molar-refractivity contribution in [1.82, 2.24) is 4.98 Å². The van der Waals surface area contributed by atoms with Crippen molar-refractivity contribution in [3.05, 3.63) is 52.8 Å². The summed E-state index contributed by atoms with van der Waals surface area (Å²) in [6.45, 7) is 2.26. The predicted molar refractivity (Wildman–Crippen MR) is 66.4 cm³/mol. The third-order valence-corrected chi connectivity index (χ3v) is 2.52. The van der Waals surface area contributed by atoms with Crippen LogP contribution in [0.5, 0.6) is 11.5 Å². The zero-order valence-corrected chi connectivity index (χ0v) is 10.1. The van der Waals surface area contributed by atoms with Gasteiger partial charge in [-0.1, -0.05) is 23.7 Å². The van der Waals surface area contributed by atoms with Crippen molar-refractivity contribution in [2.24, 2.45) is 0 Å². The lowest BCUT2D eigenvalue weighted by atomic mass is 10.2. The van der Waals surface area contributed by atoms with Gasteiger partial charge in [-0.05, 0) is 30.7 Å². The average molecular weight is 250 g/mol. The second-order valence-electron chi connectivity index (χ2n) is 3.75. The lowest BCUT2D eigenvalue weighted by Gasteiger charge is -2.08. The van der Waals surface area contributed by atoms with Gasteiger partial charge in [-0.15, -0.1) is 0 Å². The standard InChI is InChI=1S/C13H12ClNO2/c1-9-2-4-12(11(16)6-9)17-8-10-3-5-13(14)15-7-10/h2-7,16H,8H2,1H3. The molecule has 17 heavy (non-hydrogen) atoms. The fourth-order valence-electron chi connectivity index (χ4n) is 1.40. The Balaban J connectivity index is 2.04. The van der Waals surface area contributed by atoms with Crippen molar-refractivity contribution in [2.45, 2.75) is 13.5 Å². The Kier molecular flexibility index (Phi) is 3.49. The van der Waals surface area contributed by atoms with Crippen LogP contribution in [-0.4, -0.2) is 10.1 Å². The molecule has 0 unspecified atom stereocenters. The van der Waals surface area contributed by atoms with Crippen LogP contribution < -0.4 is 4.74 Å². The van der Waals surface area contributed by atoms with E-state index in [9.17, 15) is 5.11 Å². The molecule has 2 rings (SSSR count). The molecule has 0 aliphatic heterocycles. The fraction of sp³-hybridized carbons (Fsp3) is 0.154. The molecule has 2 aromatic rings. The molecule has 0 bridgehead atoms. The van der Waals surface area contributed by atoms with Gasteiger partial charge < -0.3 is 9.84 Å². The van der Waals surface area contributed by atoms with Gasteiger partial charge in [-0.25, -0.2) is 4.98 Å². The maximum Gasteiger partial charge on any atom is 0.161 e. The molecule has 0 aliphatic rings. The first-order chi connectivity index (χ1) is 8.15. The number of hydrogen-bond acceptors (Lipinski definition) is 3. The van der Waals surface area contributed by atoms with E-state index in [0.29, 0.717) is 17.5 Å². The molecule has 0 fully saturated rings. The minimum Gasteiger partial charge on any atom is -0.504 e. The van der Waals surface area contributed by atoms with Gasteiger partial charge in [0, 0.05) is 11.8 Å². The number of hydrogen-bond donors (Lipinski definition) is 1. The molecule has 0 saturated heterocycles. The van der Waals surface area contributed by atoms with Gasteiger partial charge in [0.1, 0.15) is 11.8 Å². The van der Waals surface area contributed by atoms with E-state index >= 15 is 0 Å². The lowest BCUT2D eigenvalue weighted by Crippen LogP contribution is -1.96. The van der Waals surface area contributed by atoms with Gasteiger partial charge in [-0.3, -0.25) is 0 Å². The zero-order chi connectivity index (χ0) is 12.3. The number of aromatic hydroxyl groups is 1. The van der Waals surface area contributed by atoms with Crippen LogP contribution in [0.25, 0.3) is 0 Å². The van der Waals surface area contributed by atoms with Crippen molar-refractivity contribution >= 4 is 11.6 Å². The van der Waals surface area contributed by atoms with Crippen LogP contribution >= 0.6 is 11.6 Å². The topological polar surface area (TPSA) is 42.4 Å².